The molecule has 10 nitrogen and oxygen atoms in total. The van der Waals surface area contributed by atoms with Crippen LogP contribution >= 0.6 is 23.5 Å². The van der Waals surface area contributed by atoms with Crippen molar-refractivity contribution >= 4 is 60.7 Å². The molecule has 0 aliphatic rings. The van der Waals surface area contributed by atoms with Gasteiger partial charge >= 0.3 is 20.5 Å². The lowest BCUT2D eigenvalue weighted by atomic mass is 9.93. The maximum Gasteiger partial charge on any atom is 0.316 e. The third-order valence-corrected chi connectivity index (χ3v) is 20.0. The molecule has 0 atom stereocenters. The van der Waals surface area contributed by atoms with Gasteiger partial charge in [0.1, 0.15) is 24.0 Å². The molecule has 0 aliphatic carbocycles. The van der Waals surface area contributed by atoms with Gasteiger partial charge in [-0.1, -0.05) is 0 Å². The minimum Gasteiger partial charge on any atom is -0.464 e. The second-order valence-corrected chi connectivity index (χ2v) is 27.5. The van der Waals surface area contributed by atoms with Crippen LogP contribution in [0.5, 0.6) is 0 Å². The number of aliphatic hydroxyl groups excluding tert-OH is 4. The topological polar surface area (TPSA) is 152 Å². The normalized spacial score (nSPS) is 13.4. The fourth-order valence-corrected chi connectivity index (χ4v) is 20.0. The summed E-state index contributed by atoms with van der Waals surface area (Å²) in [7, 11) is -6.13. The number of esters is 2. The SMILES string of the molecule is CC(CO)(CO)C(=O)OCCSCCC[Si](C)(C)O[Si](C)(C)O[Si](C)(C)CCCSCCOC(=O)C(C)(CO)CO. The van der Waals surface area contributed by atoms with Crippen LogP contribution in [0.2, 0.25) is 51.4 Å². The molecule has 0 bridgehead atoms. The summed E-state index contributed by atoms with van der Waals surface area (Å²) in [6, 6.07) is 2.04. The predicted octanol–water partition coefficient (Wildman–Crippen LogP) is 3.45. The summed E-state index contributed by atoms with van der Waals surface area (Å²) in [5.41, 5.74) is -2.51. The first-order chi connectivity index (χ1) is 18.9. The van der Waals surface area contributed by atoms with E-state index in [2.05, 4.69) is 39.3 Å². The molecule has 0 saturated carbocycles. The molecule has 0 aromatic rings. The molecule has 0 unspecified atom stereocenters. The van der Waals surface area contributed by atoms with Crippen LogP contribution in [0.3, 0.4) is 0 Å². The van der Waals surface area contributed by atoms with Crippen LogP contribution in [-0.4, -0.2) is 120 Å². The highest BCUT2D eigenvalue weighted by molar-refractivity contribution is 7.99. The number of hydrogen-bond donors (Lipinski definition) is 4. The van der Waals surface area contributed by atoms with Gasteiger partial charge in [-0.15, -0.1) is 0 Å². The minimum absolute atomic E-state index is 0.255. The molecule has 0 heterocycles. The maximum atomic E-state index is 12.0. The standard InChI is InChI=1S/C26H56O10S2Si3/c1-25(19-27,20-28)23(31)33-11-15-37-13-9-17-39(3,4)35-41(7,8)36-40(5,6)18-10-14-38-16-12-34-24(32)26(2,21-29)22-30/h27-30H,9-22H2,1-8H3. The number of carbonyl (C=O) groups is 2. The molecule has 0 saturated heterocycles. The summed E-state index contributed by atoms with van der Waals surface area (Å²) in [4.78, 5) is 23.9. The van der Waals surface area contributed by atoms with Gasteiger partial charge in [-0.25, -0.2) is 0 Å². The van der Waals surface area contributed by atoms with Crippen molar-refractivity contribution in [3.63, 3.8) is 0 Å². The van der Waals surface area contributed by atoms with Crippen LogP contribution in [0.4, 0.5) is 0 Å². The first-order valence-corrected chi connectivity index (χ1v) is 25.6. The Kier molecular flexibility index (Phi) is 19.5. The van der Waals surface area contributed by atoms with Crippen molar-refractivity contribution in [2.45, 2.75) is 78.1 Å². The zero-order chi connectivity index (χ0) is 31.8. The Labute approximate surface area is 259 Å². The highest BCUT2D eigenvalue weighted by Gasteiger charge is 2.39. The van der Waals surface area contributed by atoms with E-state index >= 15 is 0 Å². The Morgan fingerprint density at radius 3 is 1.22 bits per heavy atom. The average Bonchev–Trinajstić information content (AvgIpc) is 2.89. The Morgan fingerprint density at radius 2 is 0.927 bits per heavy atom. The number of thioether (sulfide) groups is 2. The second kappa shape index (κ2) is 19.4. The van der Waals surface area contributed by atoms with Gasteiger partial charge in [0.2, 0.25) is 0 Å². The zero-order valence-electron chi connectivity index (χ0n) is 26.5. The van der Waals surface area contributed by atoms with Gasteiger partial charge in [-0.2, -0.15) is 23.5 Å². The van der Waals surface area contributed by atoms with Crippen LogP contribution in [0.25, 0.3) is 0 Å². The molecule has 0 amide bonds. The van der Waals surface area contributed by atoms with Crippen LogP contribution in [0, 0.1) is 10.8 Å². The maximum absolute atomic E-state index is 12.0. The zero-order valence-corrected chi connectivity index (χ0v) is 31.1. The van der Waals surface area contributed by atoms with E-state index < -0.39 is 74.4 Å². The van der Waals surface area contributed by atoms with E-state index in [0.717, 1.165) is 36.4 Å². The molecule has 41 heavy (non-hydrogen) atoms. The molecule has 0 aromatic carbocycles. The quantitative estimate of drug-likeness (QED) is 0.0673. The lowest BCUT2D eigenvalue weighted by molar-refractivity contribution is -0.160. The van der Waals surface area contributed by atoms with Crippen LogP contribution in [-0.2, 0) is 27.3 Å². The third-order valence-electron chi connectivity index (χ3n) is 6.48. The molecule has 244 valence electrons. The number of aliphatic hydroxyl groups is 4. The summed E-state index contributed by atoms with van der Waals surface area (Å²) >= 11 is 3.43. The van der Waals surface area contributed by atoms with Crippen LogP contribution in [0.1, 0.15) is 26.7 Å². The summed E-state index contributed by atoms with van der Waals surface area (Å²) in [6.07, 6.45) is 2.03. The largest absolute Gasteiger partial charge is 0.464 e. The minimum atomic E-state index is -2.30. The fraction of sp³-hybridized carbons (Fsp3) is 0.923. The lowest BCUT2D eigenvalue weighted by Crippen LogP contribution is -2.52. The molecule has 0 spiro atoms. The van der Waals surface area contributed by atoms with E-state index in [-0.39, 0.29) is 13.2 Å². The number of hydrogen-bond acceptors (Lipinski definition) is 12. The van der Waals surface area contributed by atoms with Gasteiger partial charge in [-0.3, -0.25) is 9.59 Å². The fourth-order valence-electron chi connectivity index (χ4n) is 3.95. The molecule has 4 N–H and O–H groups in total. The Morgan fingerprint density at radius 1 is 0.610 bits per heavy atom. The van der Waals surface area contributed by atoms with Crippen molar-refractivity contribution in [2.75, 3.05) is 62.7 Å². The molecular weight excluding hydrogens is 621 g/mol. The average molecular weight is 677 g/mol. The molecular formula is C26H56O10S2Si3. The highest BCUT2D eigenvalue weighted by Crippen LogP contribution is 2.27. The van der Waals surface area contributed by atoms with E-state index in [0.29, 0.717) is 11.5 Å². The van der Waals surface area contributed by atoms with Gasteiger partial charge < -0.3 is 38.1 Å². The van der Waals surface area contributed by atoms with Crippen molar-refractivity contribution in [3.8, 4) is 0 Å². The van der Waals surface area contributed by atoms with E-state index in [1.807, 2.05) is 0 Å². The van der Waals surface area contributed by atoms with Crippen molar-refractivity contribution in [2.24, 2.45) is 10.8 Å². The van der Waals surface area contributed by atoms with Crippen molar-refractivity contribution in [3.05, 3.63) is 0 Å². The Balaban J connectivity index is 4.25. The summed E-state index contributed by atoms with van der Waals surface area (Å²) in [5.74, 6) is 2.06. The smallest absolute Gasteiger partial charge is 0.316 e. The summed E-state index contributed by atoms with van der Waals surface area (Å²) < 4.78 is 23.8. The van der Waals surface area contributed by atoms with E-state index in [1.54, 1.807) is 23.5 Å². The van der Waals surface area contributed by atoms with Crippen LogP contribution < -0.4 is 0 Å². The summed E-state index contributed by atoms with van der Waals surface area (Å²) in [5, 5.41) is 37.1. The monoisotopic (exact) mass is 676 g/mol. The van der Waals surface area contributed by atoms with E-state index in [9.17, 15) is 30.0 Å². The van der Waals surface area contributed by atoms with Crippen LogP contribution in [0.15, 0.2) is 0 Å². The van der Waals surface area contributed by atoms with Gasteiger partial charge in [0.25, 0.3) is 0 Å². The highest BCUT2D eigenvalue weighted by atomic mass is 32.2. The van der Waals surface area contributed by atoms with Crippen molar-refractivity contribution in [1.29, 1.82) is 0 Å². The van der Waals surface area contributed by atoms with Crippen molar-refractivity contribution < 1.29 is 47.7 Å². The molecule has 0 radical (unpaired) electrons. The summed E-state index contributed by atoms with van der Waals surface area (Å²) in [6.45, 7) is 14.9. The van der Waals surface area contributed by atoms with Gasteiger partial charge in [0.15, 0.2) is 16.6 Å². The first kappa shape index (κ1) is 41.1. The van der Waals surface area contributed by atoms with E-state index in [4.69, 9.17) is 17.7 Å². The lowest BCUT2D eigenvalue weighted by Gasteiger charge is -2.38. The Hall–Kier alpha value is 0.0506. The van der Waals surface area contributed by atoms with Gasteiger partial charge in [0.05, 0.1) is 26.4 Å². The molecule has 0 aliphatic heterocycles. The first-order valence-electron chi connectivity index (χ1n) is 14.3. The van der Waals surface area contributed by atoms with Crippen molar-refractivity contribution in [1.82, 2.24) is 0 Å². The van der Waals surface area contributed by atoms with Gasteiger partial charge in [-0.05, 0) is 89.6 Å². The van der Waals surface area contributed by atoms with E-state index in [1.165, 1.54) is 13.8 Å². The Bertz CT molecular complexity index is 704. The predicted molar refractivity (Wildman–Crippen MR) is 175 cm³/mol. The second-order valence-electron chi connectivity index (χ2n) is 12.6. The number of ether oxygens (including phenoxy) is 2. The van der Waals surface area contributed by atoms with Gasteiger partial charge in [0, 0.05) is 11.5 Å². The number of carbonyl (C=O) groups excluding carboxylic acids is 2. The molecule has 0 fully saturated rings. The molecule has 0 aromatic heterocycles. The third kappa shape index (κ3) is 17.2. The molecule has 0 rings (SSSR count). The molecule has 15 heteroatoms. The number of rotatable bonds is 24.